The monoisotopic (exact) mass is 630 g/mol. The maximum atomic E-state index is 11.2. The van der Waals surface area contributed by atoms with Gasteiger partial charge in [0.1, 0.15) is 17.3 Å². The molecule has 240 valence electrons. The van der Waals surface area contributed by atoms with Gasteiger partial charge in [0.15, 0.2) is 0 Å². The van der Waals surface area contributed by atoms with Crippen LogP contribution in [0.15, 0.2) is 90.2 Å². The first-order valence-corrected chi connectivity index (χ1v) is 15.1. The van der Waals surface area contributed by atoms with Gasteiger partial charge in [-0.15, -0.1) is 0 Å². The second-order valence-electron chi connectivity index (χ2n) is 11.4. The first-order chi connectivity index (χ1) is 22.4. The van der Waals surface area contributed by atoms with Gasteiger partial charge in [0.2, 0.25) is 5.91 Å². The number of H-pyrrole nitrogens is 1. The van der Waals surface area contributed by atoms with Gasteiger partial charge in [0.25, 0.3) is 0 Å². The number of nitrogens with one attached hydrogen (secondary N) is 3. The van der Waals surface area contributed by atoms with Crippen LogP contribution in [0, 0.1) is 0 Å². The Bertz CT molecular complexity index is 1910. The summed E-state index contributed by atoms with van der Waals surface area (Å²) < 4.78 is 0. The minimum Gasteiger partial charge on any atom is -0.353 e. The van der Waals surface area contributed by atoms with Crippen molar-refractivity contribution in [2.45, 2.75) is 53.9 Å². The molecule has 0 radical (unpaired) electrons. The maximum Gasteiger partial charge on any atom is 0.221 e. The second kappa shape index (κ2) is 16.0. The van der Waals surface area contributed by atoms with E-state index in [2.05, 4.69) is 30.8 Å². The molecule has 10 nitrogen and oxygen atoms in total. The van der Waals surface area contributed by atoms with Gasteiger partial charge in [0, 0.05) is 49.0 Å². The molecule has 5 rings (SSSR count). The highest BCUT2D eigenvalue weighted by molar-refractivity contribution is 5.99. The summed E-state index contributed by atoms with van der Waals surface area (Å²) in [6, 6.07) is 24.8. The number of pyridine rings is 2. The number of rotatable bonds is 11. The van der Waals surface area contributed by atoms with E-state index in [9.17, 15) is 19.2 Å². The van der Waals surface area contributed by atoms with E-state index in [1.54, 1.807) is 27.0 Å². The third-order valence-corrected chi connectivity index (χ3v) is 6.91. The lowest BCUT2D eigenvalue weighted by Gasteiger charge is -2.05. The van der Waals surface area contributed by atoms with Crippen molar-refractivity contribution in [3.63, 3.8) is 0 Å². The lowest BCUT2D eigenvalue weighted by Crippen LogP contribution is -2.05. The molecule has 0 fully saturated rings. The predicted molar refractivity (Wildman–Crippen MR) is 186 cm³/mol. The number of fused-ring (bicyclic) bond motifs is 1. The summed E-state index contributed by atoms with van der Waals surface area (Å²) in [4.78, 5) is 56.5. The summed E-state index contributed by atoms with van der Waals surface area (Å²) in [5.74, 6) is 0.243. The molecular weight excluding hydrogens is 592 g/mol. The van der Waals surface area contributed by atoms with E-state index in [0.717, 1.165) is 61.9 Å². The molecule has 10 heteroatoms. The first-order valence-electron chi connectivity index (χ1n) is 15.1. The van der Waals surface area contributed by atoms with Crippen molar-refractivity contribution in [1.82, 2.24) is 15.0 Å². The molecule has 0 aliphatic heterocycles. The van der Waals surface area contributed by atoms with Crippen LogP contribution in [-0.2, 0) is 38.4 Å². The Kier molecular flexibility index (Phi) is 11.6. The molecule has 5 aromatic rings. The molecule has 3 N–H and O–H groups in total. The largest absolute Gasteiger partial charge is 0.353 e. The molecule has 0 bridgehead atoms. The van der Waals surface area contributed by atoms with Gasteiger partial charge in [-0.3, -0.25) is 34.6 Å². The Balaban J connectivity index is 0.000000213. The van der Waals surface area contributed by atoms with Crippen LogP contribution in [0.3, 0.4) is 0 Å². The molecule has 0 spiro atoms. The van der Waals surface area contributed by atoms with Gasteiger partial charge < -0.3 is 10.3 Å². The number of hydrogen-bond acceptors (Lipinski definition) is 8. The molecular formula is C37H38N6O4. The van der Waals surface area contributed by atoms with E-state index in [1.807, 2.05) is 85.8 Å². The smallest absolute Gasteiger partial charge is 0.221 e. The Morgan fingerprint density at radius 3 is 1.91 bits per heavy atom. The van der Waals surface area contributed by atoms with Crippen LogP contribution < -0.4 is 10.7 Å². The molecule has 1 amide bonds. The molecule has 2 aromatic carbocycles. The van der Waals surface area contributed by atoms with Crippen molar-refractivity contribution in [2.75, 3.05) is 10.7 Å². The fraction of sp³-hybridized carbons (Fsp3) is 0.216. The Morgan fingerprint density at radius 2 is 1.32 bits per heavy atom. The van der Waals surface area contributed by atoms with Gasteiger partial charge in [-0.05, 0) is 86.8 Å². The number of carbonyl (C=O) groups is 4. The lowest BCUT2D eigenvalue weighted by atomic mass is 10.1. The number of benzene rings is 2. The molecule has 47 heavy (non-hydrogen) atoms. The topological polar surface area (TPSA) is 146 Å². The van der Waals surface area contributed by atoms with Crippen molar-refractivity contribution in [1.29, 1.82) is 0 Å². The average molecular weight is 631 g/mol. The molecule has 0 atom stereocenters. The van der Waals surface area contributed by atoms with Crippen molar-refractivity contribution in [3.8, 4) is 11.3 Å². The number of hydrogen-bond donors (Lipinski definition) is 3. The van der Waals surface area contributed by atoms with Crippen molar-refractivity contribution >= 4 is 51.4 Å². The van der Waals surface area contributed by atoms with Gasteiger partial charge in [-0.1, -0.05) is 36.4 Å². The molecule has 0 saturated carbocycles. The van der Waals surface area contributed by atoms with Crippen LogP contribution in [0.5, 0.6) is 0 Å². The zero-order chi connectivity index (χ0) is 33.9. The maximum absolute atomic E-state index is 11.2. The zero-order valence-electron chi connectivity index (χ0n) is 27.2. The van der Waals surface area contributed by atoms with Crippen LogP contribution in [0.25, 0.3) is 22.3 Å². The molecule has 0 aliphatic carbocycles. The number of nitrogens with zero attached hydrogens (tertiary/aromatic N) is 3. The van der Waals surface area contributed by atoms with E-state index in [4.69, 9.17) is 0 Å². The highest BCUT2D eigenvalue weighted by Gasteiger charge is 2.08. The van der Waals surface area contributed by atoms with Gasteiger partial charge in [-0.25, -0.2) is 0 Å². The first kappa shape index (κ1) is 34.1. The summed E-state index contributed by atoms with van der Waals surface area (Å²) >= 11 is 0. The highest BCUT2D eigenvalue weighted by Crippen LogP contribution is 2.25. The third kappa shape index (κ3) is 10.7. The second-order valence-corrected chi connectivity index (χ2v) is 11.4. The average Bonchev–Trinajstić information content (AvgIpc) is 3.44. The van der Waals surface area contributed by atoms with E-state index >= 15 is 0 Å². The number of hydrazone groups is 1. The van der Waals surface area contributed by atoms with E-state index < -0.39 is 0 Å². The van der Waals surface area contributed by atoms with Crippen LogP contribution in [-0.4, -0.2) is 43.9 Å². The number of anilines is 2. The quantitative estimate of drug-likeness (QED) is 0.112. The minimum atomic E-state index is -0.0921. The highest BCUT2D eigenvalue weighted by atomic mass is 16.1. The van der Waals surface area contributed by atoms with Crippen molar-refractivity contribution < 1.29 is 19.2 Å². The van der Waals surface area contributed by atoms with Gasteiger partial charge >= 0.3 is 0 Å². The summed E-state index contributed by atoms with van der Waals surface area (Å²) in [6.45, 7) is 8.08. The van der Waals surface area contributed by atoms with Crippen LogP contribution in [0.4, 0.5) is 11.4 Å². The third-order valence-electron chi connectivity index (χ3n) is 6.91. The number of Topliss-reactive ketones (excluding diaryl/α,β-unsaturated/α-hetero) is 3. The predicted octanol–water partition coefficient (Wildman–Crippen LogP) is 6.50. The van der Waals surface area contributed by atoms with Gasteiger partial charge in [0.05, 0.1) is 28.6 Å². The zero-order valence-corrected chi connectivity index (χ0v) is 27.2. The van der Waals surface area contributed by atoms with Crippen molar-refractivity contribution in [2.24, 2.45) is 5.10 Å². The van der Waals surface area contributed by atoms with Gasteiger partial charge in [-0.2, -0.15) is 5.10 Å². The minimum absolute atomic E-state index is 0.0882. The Labute approximate surface area is 273 Å². The SMILES string of the molecule is CC(=O)Cc1ccc(/C(C)=N/Nc2ccc(CC(C)=O)nc2)cc1.CC(=O)Cc1ccc2[nH]c(-c3ccc(NC(C)=O)cc3)cc2n1. The summed E-state index contributed by atoms with van der Waals surface area (Å²) in [5, 5.41) is 7.08. The number of carbonyl (C=O) groups excluding carboxylic acids is 4. The number of aromatic nitrogens is 3. The molecule has 0 aliphatic rings. The molecule has 3 heterocycles. The lowest BCUT2D eigenvalue weighted by molar-refractivity contribution is -0.117. The van der Waals surface area contributed by atoms with Crippen LogP contribution >= 0.6 is 0 Å². The summed E-state index contributed by atoms with van der Waals surface area (Å²) in [6.07, 6.45) is 2.80. The summed E-state index contributed by atoms with van der Waals surface area (Å²) in [5.41, 5.74) is 12.5. The Hall–Kier alpha value is -5.77. The van der Waals surface area contributed by atoms with E-state index in [-0.39, 0.29) is 23.3 Å². The number of ketones is 3. The standard InChI is InChI=1S/C19H21N3O2.C18H17N3O2/c1-13(23)10-16-4-6-17(7-5-16)15(3)21-22-19-9-8-18(20-12-19)11-14(2)24;1-11(22)9-15-7-8-16-18(20-15)10-17(21-16)13-3-5-14(6-4-13)19-12(2)23/h4-9,12,22H,10-11H2,1-3H3;3-8,10,21H,9H2,1-2H3,(H,19,23)/b21-15+;. The van der Waals surface area contributed by atoms with Crippen LogP contribution in [0.1, 0.15) is 57.1 Å². The van der Waals surface area contributed by atoms with Crippen molar-refractivity contribution in [3.05, 3.63) is 108 Å². The molecule has 0 saturated heterocycles. The molecule has 0 unspecified atom stereocenters. The van der Waals surface area contributed by atoms with E-state index in [1.165, 1.54) is 6.92 Å². The van der Waals surface area contributed by atoms with E-state index in [0.29, 0.717) is 19.3 Å². The fourth-order valence-corrected chi connectivity index (χ4v) is 4.71. The molecule has 3 aromatic heterocycles. The normalized spacial score (nSPS) is 11.0. The number of amides is 1. The van der Waals surface area contributed by atoms with Crippen LogP contribution in [0.2, 0.25) is 0 Å². The summed E-state index contributed by atoms with van der Waals surface area (Å²) in [7, 11) is 0. The number of aromatic amines is 1. The Morgan fingerprint density at radius 1 is 0.702 bits per heavy atom. The fourth-order valence-electron chi connectivity index (χ4n) is 4.71.